The average molecular weight is 608 g/mol. The number of nitrogens with zero attached hydrogens (tertiary/aromatic N) is 1. The number of fused-ring (bicyclic) bond motifs is 1. The lowest BCUT2D eigenvalue weighted by Gasteiger charge is -2.27. The Hall–Kier alpha value is -4.14. The second kappa shape index (κ2) is 12.4. The molecule has 1 aromatic heterocycles. The molecule has 1 aliphatic carbocycles. The average Bonchev–Trinajstić information content (AvgIpc) is 3.39. The zero-order chi connectivity index (χ0) is 30.0. The summed E-state index contributed by atoms with van der Waals surface area (Å²) in [5.41, 5.74) is 3.04. The van der Waals surface area contributed by atoms with Gasteiger partial charge in [0.1, 0.15) is 5.82 Å². The van der Waals surface area contributed by atoms with Crippen LogP contribution in [0.2, 0.25) is 5.02 Å². The summed E-state index contributed by atoms with van der Waals surface area (Å²) in [4.78, 5) is 33.6. The molecule has 216 valence electrons. The van der Waals surface area contributed by atoms with Crippen molar-refractivity contribution in [2.45, 2.75) is 37.1 Å². The van der Waals surface area contributed by atoms with Gasteiger partial charge in [0.05, 0.1) is 35.1 Å². The second-order valence-corrected chi connectivity index (χ2v) is 10.9. The Labute approximate surface area is 252 Å². The number of nitrogens with one attached hydrogen (secondary N) is 2. The van der Waals surface area contributed by atoms with E-state index in [0.29, 0.717) is 39.4 Å². The van der Waals surface area contributed by atoms with Crippen molar-refractivity contribution in [3.05, 3.63) is 112 Å². The maximum Gasteiger partial charge on any atom is 0.336 e. The number of aromatic amines is 1. The summed E-state index contributed by atoms with van der Waals surface area (Å²) in [5, 5.41) is 13.2. The molecule has 7 nitrogen and oxygen atoms in total. The van der Waals surface area contributed by atoms with Gasteiger partial charge in [0.25, 0.3) is 5.91 Å². The Kier molecular flexibility index (Phi) is 8.66. The number of benzene rings is 3. The number of allylic oxidation sites excluding steroid dienone is 4. The van der Waals surface area contributed by atoms with Crippen molar-refractivity contribution in [1.82, 2.24) is 15.3 Å². The minimum Gasteiger partial charge on any atom is -0.494 e. The molecule has 0 spiro atoms. The molecule has 1 heterocycles. The fourth-order valence-electron chi connectivity index (χ4n) is 5.22. The van der Waals surface area contributed by atoms with Gasteiger partial charge in [-0.15, -0.1) is 11.6 Å². The van der Waals surface area contributed by atoms with Gasteiger partial charge in [0.15, 0.2) is 11.6 Å². The molecule has 1 aliphatic rings. The first-order valence-electron chi connectivity index (χ1n) is 13.4. The summed E-state index contributed by atoms with van der Waals surface area (Å²) in [6.07, 6.45) is 6.85. The van der Waals surface area contributed by atoms with Crippen molar-refractivity contribution >= 4 is 51.7 Å². The number of aromatic carboxylic acids is 1. The minimum absolute atomic E-state index is 0.0538. The molecule has 42 heavy (non-hydrogen) atoms. The normalized spacial score (nSPS) is 17.1. The third-order valence-corrected chi connectivity index (χ3v) is 7.94. The molecule has 1 amide bonds. The van der Waals surface area contributed by atoms with E-state index in [1.54, 1.807) is 42.5 Å². The number of alkyl halides is 1. The smallest absolute Gasteiger partial charge is 0.336 e. The second-order valence-electron chi connectivity index (χ2n) is 9.99. The molecule has 0 fully saturated rings. The standard InChI is InChI=1S/C32H28Cl2FN3O4/c1-3-5-25(17-8-11-19(33)12-9-17)38-31(39)18-10-13-20(22(14-18)32(40)41)29-21(6-4-7-23(29)34)30-36-26-15-24(35)28(42-2)16-27(26)37-30/h4,6-16,23,25,29H,3,5H2,1-2H3,(H,36,37)(H,38,39)(H,40,41)/t23-,25?,29?/m0/s1. The van der Waals surface area contributed by atoms with Gasteiger partial charge in [0.2, 0.25) is 0 Å². The highest BCUT2D eigenvalue weighted by molar-refractivity contribution is 6.30. The van der Waals surface area contributed by atoms with E-state index < -0.39 is 29.0 Å². The first-order chi connectivity index (χ1) is 20.2. The van der Waals surface area contributed by atoms with Crippen LogP contribution in [-0.4, -0.2) is 39.4 Å². The van der Waals surface area contributed by atoms with Crippen LogP contribution >= 0.6 is 23.2 Å². The monoisotopic (exact) mass is 607 g/mol. The number of imidazole rings is 1. The summed E-state index contributed by atoms with van der Waals surface area (Å²) in [7, 11) is 1.37. The molecular weight excluding hydrogens is 580 g/mol. The predicted octanol–water partition coefficient (Wildman–Crippen LogP) is 7.68. The van der Waals surface area contributed by atoms with Gasteiger partial charge in [-0.3, -0.25) is 4.79 Å². The summed E-state index contributed by atoms with van der Waals surface area (Å²) in [6.45, 7) is 2.02. The summed E-state index contributed by atoms with van der Waals surface area (Å²) >= 11 is 12.8. The van der Waals surface area contributed by atoms with Gasteiger partial charge in [-0.2, -0.15) is 0 Å². The van der Waals surface area contributed by atoms with E-state index in [-0.39, 0.29) is 22.9 Å². The number of methoxy groups -OCH3 is 1. The Bertz CT molecular complexity index is 1710. The number of rotatable bonds is 9. The SMILES string of the molecule is CCCC(NC(=O)c1ccc(C2C(c3nc4cc(OC)c(F)cc4[nH]3)=CC=C[C@@H]2Cl)c(C(=O)O)c1)c1ccc(Cl)cc1. The molecule has 0 radical (unpaired) electrons. The molecule has 0 saturated carbocycles. The van der Waals surface area contributed by atoms with Gasteiger partial charge in [0, 0.05) is 34.2 Å². The number of carboxylic acids is 1. The van der Waals surface area contributed by atoms with Crippen LogP contribution in [0.1, 0.15) is 69.4 Å². The fourth-order valence-corrected chi connectivity index (χ4v) is 5.70. The molecule has 3 N–H and O–H groups in total. The Morgan fingerprint density at radius 1 is 1.17 bits per heavy atom. The largest absolute Gasteiger partial charge is 0.494 e. The number of halogens is 3. The van der Waals surface area contributed by atoms with Crippen LogP contribution in [-0.2, 0) is 0 Å². The van der Waals surface area contributed by atoms with Crippen LogP contribution in [0.4, 0.5) is 4.39 Å². The lowest BCUT2D eigenvalue weighted by atomic mass is 9.81. The number of ether oxygens (including phenoxy) is 1. The number of hydrogen-bond acceptors (Lipinski definition) is 4. The van der Waals surface area contributed by atoms with Gasteiger partial charge in [-0.1, -0.05) is 61.4 Å². The van der Waals surface area contributed by atoms with Crippen LogP contribution in [0.3, 0.4) is 0 Å². The Morgan fingerprint density at radius 2 is 1.93 bits per heavy atom. The van der Waals surface area contributed by atoms with E-state index >= 15 is 0 Å². The van der Waals surface area contributed by atoms with Gasteiger partial charge >= 0.3 is 5.97 Å². The highest BCUT2D eigenvalue weighted by Crippen LogP contribution is 2.42. The first kappa shape index (κ1) is 29.4. The number of hydrogen-bond donors (Lipinski definition) is 3. The van der Waals surface area contributed by atoms with E-state index in [1.165, 1.54) is 25.3 Å². The molecule has 4 aromatic rings. The van der Waals surface area contributed by atoms with Crippen LogP contribution in [0, 0.1) is 5.82 Å². The zero-order valence-corrected chi connectivity index (χ0v) is 24.3. The van der Waals surface area contributed by atoms with Crippen molar-refractivity contribution in [2.24, 2.45) is 0 Å². The molecule has 3 atom stereocenters. The molecule has 0 aliphatic heterocycles. The molecule has 2 unspecified atom stereocenters. The predicted molar refractivity (Wildman–Crippen MR) is 162 cm³/mol. The third-order valence-electron chi connectivity index (χ3n) is 7.29. The zero-order valence-electron chi connectivity index (χ0n) is 22.8. The highest BCUT2D eigenvalue weighted by Gasteiger charge is 2.32. The van der Waals surface area contributed by atoms with E-state index in [1.807, 2.05) is 19.1 Å². The molecule has 5 rings (SSSR count). The maximum atomic E-state index is 14.3. The lowest BCUT2D eigenvalue weighted by molar-refractivity contribution is 0.0695. The maximum absolute atomic E-state index is 14.3. The summed E-state index contributed by atoms with van der Waals surface area (Å²) < 4.78 is 19.4. The molecular formula is C32H28Cl2FN3O4. The molecule has 0 bridgehead atoms. The number of carbonyl (C=O) groups excluding carboxylic acids is 1. The quantitative estimate of drug-likeness (QED) is 0.169. The topological polar surface area (TPSA) is 104 Å². The van der Waals surface area contributed by atoms with Gasteiger partial charge in [-0.05, 0) is 41.8 Å². The Balaban J connectivity index is 1.49. The molecule has 10 heteroatoms. The van der Waals surface area contributed by atoms with E-state index in [2.05, 4.69) is 15.3 Å². The number of amides is 1. The van der Waals surface area contributed by atoms with Crippen molar-refractivity contribution in [3.8, 4) is 5.75 Å². The van der Waals surface area contributed by atoms with Crippen molar-refractivity contribution in [2.75, 3.05) is 7.11 Å². The van der Waals surface area contributed by atoms with Crippen LogP contribution in [0.15, 0.2) is 72.8 Å². The van der Waals surface area contributed by atoms with Gasteiger partial charge in [-0.25, -0.2) is 14.2 Å². The van der Waals surface area contributed by atoms with Crippen molar-refractivity contribution in [1.29, 1.82) is 0 Å². The highest BCUT2D eigenvalue weighted by atomic mass is 35.5. The van der Waals surface area contributed by atoms with Gasteiger partial charge < -0.3 is 20.1 Å². The summed E-state index contributed by atoms with van der Waals surface area (Å²) in [6, 6.07) is 14.4. The minimum atomic E-state index is -1.20. The first-order valence-corrected chi connectivity index (χ1v) is 14.2. The van der Waals surface area contributed by atoms with E-state index in [9.17, 15) is 19.1 Å². The van der Waals surface area contributed by atoms with Crippen LogP contribution in [0.5, 0.6) is 5.75 Å². The fraction of sp³-hybridized carbons (Fsp3) is 0.219. The van der Waals surface area contributed by atoms with Crippen molar-refractivity contribution in [3.63, 3.8) is 0 Å². The lowest BCUT2D eigenvalue weighted by Crippen LogP contribution is -2.29. The number of carboxylic acid groups (broad SMARTS) is 1. The summed E-state index contributed by atoms with van der Waals surface area (Å²) in [5.74, 6) is -2.27. The van der Waals surface area contributed by atoms with Crippen LogP contribution < -0.4 is 10.1 Å². The Morgan fingerprint density at radius 3 is 2.62 bits per heavy atom. The van der Waals surface area contributed by atoms with E-state index in [4.69, 9.17) is 27.9 Å². The van der Waals surface area contributed by atoms with E-state index in [0.717, 1.165) is 12.0 Å². The third kappa shape index (κ3) is 5.91. The van der Waals surface area contributed by atoms with Crippen molar-refractivity contribution < 1.29 is 23.8 Å². The molecule has 0 saturated heterocycles. The molecule has 3 aromatic carbocycles. The van der Waals surface area contributed by atoms with Crippen LogP contribution in [0.25, 0.3) is 16.6 Å². The number of carbonyl (C=O) groups is 2. The number of aromatic nitrogens is 2. The number of H-pyrrole nitrogens is 1.